The third-order valence-corrected chi connectivity index (χ3v) is 8.53. The fourth-order valence-electron chi connectivity index (χ4n) is 4.31. The molecule has 1 saturated heterocycles. The quantitative estimate of drug-likeness (QED) is 0.363. The first-order chi connectivity index (χ1) is 18.3. The van der Waals surface area contributed by atoms with Crippen molar-refractivity contribution in [1.29, 1.82) is 0 Å². The smallest absolute Gasteiger partial charge is 0.410 e. The Hall–Kier alpha value is -3.54. The zero-order chi connectivity index (χ0) is 28.4. The lowest BCUT2D eigenvalue weighted by atomic mass is 10.1. The Kier molecular flexibility index (Phi) is 8.24. The number of benzene rings is 2. The number of anilines is 1. The first-order valence-corrected chi connectivity index (χ1v) is 14.1. The Bertz CT molecular complexity index is 1400. The molecule has 1 aromatic heterocycles. The molecule has 1 aliphatic rings. The molecule has 3 aromatic rings. The molecular formula is C27H32F2N4O5S. The lowest BCUT2D eigenvalue weighted by Crippen LogP contribution is -2.48. The molecule has 1 aliphatic heterocycles. The number of sulfonamides is 1. The van der Waals surface area contributed by atoms with Crippen LogP contribution in [0.4, 0.5) is 19.3 Å². The van der Waals surface area contributed by atoms with E-state index in [4.69, 9.17) is 9.15 Å². The van der Waals surface area contributed by atoms with Crippen LogP contribution in [-0.2, 0) is 21.3 Å². The molecule has 0 bridgehead atoms. The number of carbonyl (C=O) groups excluding carboxylic acids is 1. The third-order valence-electron chi connectivity index (χ3n) is 6.27. The van der Waals surface area contributed by atoms with Gasteiger partial charge in [0.1, 0.15) is 5.60 Å². The van der Waals surface area contributed by atoms with Crippen LogP contribution in [-0.4, -0.2) is 53.5 Å². The number of hydrogen-bond donors (Lipinski definition) is 0. The number of amides is 1. The van der Waals surface area contributed by atoms with Crippen molar-refractivity contribution in [1.82, 2.24) is 15.1 Å². The number of rotatable bonds is 7. The third kappa shape index (κ3) is 6.92. The Morgan fingerprint density at radius 1 is 1.13 bits per heavy atom. The predicted octanol–water partition coefficient (Wildman–Crippen LogP) is 5.72. The van der Waals surface area contributed by atoms with Crippen molar-refractivity contribution < 1.29 is 31.1 Å². The summed E-state index contributed by atoms with van der Waals surface area (Å²) in [7, 11) is -3.81. The number of alkyl halides is 2. The average molecular weight is 563 g/mol. The van der Waals surface area contributed by atoms with Gasteiger partial charge in [-0.15, -0.1) is 10.2 Å². The van der Waals surface area contributed by atoms with Crippen molar-refractivity contribution in [3.05, 3.63) is 65.5 Å². The summed E-state index contributed by atoms with van der Waals surface area (Å²) in [5.41, 5.74) is 1.94. The van der Waals surface area contributed by atoms with E-state index in [1.54, 1.807) is 62.1 Å². The molecule has 0 N–H and O–H groups in total. The fraction of sp³-hybridized carbons (Fsp3) is 0.444. The van der Waals surface area contributed by atoms with Crippen LogP contribution >= 0.6 is 0 Å². The van der Waals surface area contributed by atoms with Gasteiger partial charge in [0.15, 0.2) is 0 Å². The minimum absolute atomic E-state index is 0.0447. The highest BCUT2D eigenvalue weighted by Gasteiger charge is 2.37. The van der Waals surface area contributed by atoms with Crippen LogP contribution in [0.2, 0.25) is 0 Å². The Balaban J connectivity index is 1.54. The molecule has 0 spiro atoms. The van der Waals surface area contributed by atoms with Gasteiger partial charge in [-0.2, -0.15) is 8.78 Å². The van der Waals surface area contributed by atoms with Gasteiger partial charge in [0.05, 0.1) is 17.5 Å². The van der Waals surface area contributed by atoms with Crippen LogP contribution in [0.15, 0.2) is 52.9 Å². The van der Waals surface area contributed by atoms with Crippen LogP contribution in [0.1, 0.15) is 57.1 Å². The fourth-order valence-corrected chi connectivity index (χ4v) is 6.21. The van der Waals surface area contributed by atoms with Crippen molar-refractivity contribution in [3.8, 4) is 11.5 Å². The van der Waals surface area contributed by atoms with Crippen LogP contribution in [0.3, 0.4) is 0 Å². The summed E-state index contributed by atoms with van der Waals surface area (Å²) in [5, 5.41) is 6.32. The molecule has 4 rings (SSSR count). The molecule has 0 aliphatic carbocycles. The topological polar surface area (TPSA) is 106 Å². The summed E-state index contributed by atoms with van der Waals surface area (Å²) < 4.78 is 65.3. The molecule has 39 heavy (non-hydrogen) atoms. The van der Waals surface area contributed by atoms with Gasteiger partial charge >= 0.3 is 12.5 Å². The first kappa shape index (κ1) is 28.5. The Labute approximate surface area is 226 Å². The number of aromatic nitrogens is 2. The van der Waals surface area contributed by atoms with Crippen molar-refractivity contribution in [3.63, 3.8) is 0 Å². The van der Waals surface area contributed by atoms with Gasteiger partial charge in [-0.05, 0) is 75.9 Å². The number of likely N-dealkylation sites (tertiary alicyclic amines) is 1. The number of piperidine rings is 1. The highest BCUT2D eigenvalue weighted by Crippen LogP contribution is 2.30. The van der Waals surface area contributed by atoms with Gasteiger partial charge in [-0.3, -0.25) is 4.31 Å². The number of halogens is 2. The van der Waals surface area contributed by atoms with Gasteiger partial charge < -0.3 is 14.1 Å². The van der Waals surface area contributed by atoms with E-state index in [1.165, 1.54) is 4.31 Å². The van der Waals surface area contributed by atoms with Crippen LogP contribution in [0.5, 0.6) is 0 Å². The van der Waals surface area contributed by atoms with E-state index in [0.717, 1.165) is 5.56 Å². The van der Waals surface area contributed by atoms with Crippen molar-refractivity contribution >= 4 is 21.8 Å². The summed E-state index contributed by atoms with van der Waals surface area (Å²) in [6, 6.07) is 13.9. The standard InChI is InChI=1S/C27H32F2N4O5S/c1-18-6-5-7-21(16-18)33(17-19-8-10-20(11-9-19)24-30-31-25(37-24)23(28)29)39(35,36)22-12-14-32(15-13-22)26(34)38-27(2,3)4/h5-11,16,22-23H,12-15,17H2,1-4H3. The van der Waals surface area contributed by atoms with E-state index < -0.39 is 39.3 Å². The zero-order valence-corrected chi connectivity index (χ0v) is 23.1. The number of nitrogens with zero attached hydrogens (tertiary/aromatic N) is 4. The van der Waals surface area contributed by atoms with Crippen molar-refractivity contribution in [2.45, 2.75) is 64.4 Å². The van der Waals surface area contributed by atoms with Gasteiger partial charge in [0, 0.05) is 18.7 Å². The molecular weight excluding hydrogens is 530 g/mol. The Morgan fingerprint density at radius 3 is 2.36 bits per heavy atom. The average Bonchev–Trinajstić information content (AvgIpc) is 3.37. The Morgan fingerprint density at radius 2 is 1.79 bits per heavy atom. The highest BCUT2D eigenvalue weighted by atomic mass is 32.2. The maximum Gasteiger partial charge on any atom is 0.410 e. The van der Waals surface area contributed by atoms with Gasteiger partial charge in [0.2, 0.25) is 15.9 Å². The van der Waals surface area contributed by atoms with E-state index in [9.17, 15) is 22.0 Å². The van der Waals surface area contributed by atoms with Crippen molar-refractivity contribution in [2.24, 2.45) is 0 Å². The van der Waals surface area contributed by atoms with Gasteiger partial charge in [0.25, 0.3) is 5.89 Å². The maximum absolute atomic E-state index is 13.9. The van der Waals surface area contributed by atoms with Gasteiger partial charge in [-0.1, -0.05) is 24.3 Å². The number of ether oxygens (including phenoxy) is 1. The molecule has 2 heterocycles. The van der Waals surface area contributed by atoms with Gasteiger partial charge in [-0.25, -0.2) is 13.2 Å². The number of aryl methyl sites for hydroxylation is 1. The SMILES string of the molecule is Cc1cccc(N(Cc2ccc(-c3nnc(C(F)F)o3)cc2)S(=O)(=O)C2CCN(C(=O)OC(C)(C)C)CC2)c1. The summed E-state index contributed by atoms with van der Waals surface area (Å²) in [5.74, 6) is -0.805. The summed E-state index contributed by atoms with van der Waals surface area (Å²) in [6.45, 7) is 7.87. The minimum atomic E-state index is -3.81. The normalized spacial score (nSPS) is 15.0. The lowest BCUT2D eigenvalue weighted by molar-refractivity contribution is 0.0217. The van der Waals surface area contributed by atoms with E-state index in [-0.39, 0.29) is 38.4 Å². The zero-order valence-electron chi connectivity index (χ0n) is 22.3. The minimum Gasteiger partial charge on any atom is -0.444 e. The monoisotopic (exact) mass is 562 g/mol. The van der Waals surface area contributed by atoms with E-state index in [1.807, 2.05) is 19.1 Å². The molecule has 1 fully saturated rings. The molecule has 2 aromatic carbocycles. The molecule has 1 amide bonds. The molecule has 0 atom stereocenters. The van der Waals surface area contributed by atoms with Crippen molar-refractivity contribution in [2.75, 3.05) is 17.4 Å². The highest BCUT2D eigenvalue weighted by molar-refractivity contribution is 7.93. The second kappa shape index (κ2) is 11.3. The summed E-state index contributed by atoms with van der Waals surface area (Å²) in [4.78, 5) is 14.0. The van der Waals surface area contributed by atoms with E-state index >= 15 is 0 Å². The summed E-state index contributed by atoms with van der Waals surface area (Å²) >= 11 is 0. The molecule has 12 heteroatoms. The maximum atomic E-state index is 13.9. The van der Waals surface area contributed by atoms with Crippen LogP contribution < -0.4 is 4.31 Å². The molecule has 0 saturated carbocycles. The van der Waals surface area contributed by atoms with Crippen LogP contribution in [0.25, 0.3) is 11.5 Å². The number of hydrogen-bond acceptors (Lipinski definition) is 7. The molecule has 210 valence electrons. The molecule has 0 unspecified atom stereocenters. The van der Waals surface area contributed by atoms with Crippen LogP contribution in [0, 0.1) is 6.92 Å². The largest absolute Gasteiger partial charge is 0.444 e. The summed E-state index contributed by atoms with van der Waals surface area (Å²) in [6.07, 6.45) is -2.75. The second-order valence-corrected chi connectivity index (χ2v) is 12.6. The van der Waals surface area contributed by atoms with E-state index in [2.05, 4.69) is 10.2 Å². The second-order valence-electron chi connectivity index (χ2n) is 10.5. The molecule has 9 nitrogen and oxygen atoms in total. The lowest BCUT2D eigenvalue weighted by Gasteiger charge is -2.36. The number of carbonyl (C=O) groups is 1. The predicted molar refractivity (Wildman–Crippen MR) is 142 cm³/mol. The van der Waals surface area contributed by atoms with E-state index in [0.29, 0.717) is 16.8 Å². The molecule has 0 radical (unpaired) electrons. The first-order valence-electron chi connectivity index (χ1n) is 12.6.